The van der Waals surface area contributed by atoms with Gasteiger partial charge in [-0.2, -0.15) is 5.10 Å². The van der Waals surface area contributed by atoms with Crippen LogP contribution in [0.2, 0.25) is 0 Å². The van der Waals surface area contributed by atoms with E-state index >= 15 is 0 Å². The maximum atomic E-state index is 12.1. The second-order valence-corrected chi connectivity index (χ2v) is 6.27. The van der Waals surface area contributed by atoms with Crippen molar-refractivity contribution in [3.63, 3.8) is 0 Å². The minimum atomic E-state index is -0.347. The van der Waals surface area contributed by atoms with E-state index in [1.165, 1.54) is 27.5 Å². The number of H-pyrrole nitrogens is 1. The minimum absolute atomic E-state index is 0.0643. The largest absolute Gasteiger partial charge is 0.496 e. The summed E-state index contributed by atoms with van der Waals surface area (Å²) in [5.41, 5.74) is 4.36. The molecule has 0 unspecified atom stereocenters. The van der Waals surface area contributed by atoms with Crippen LogP contribution in [0, 0.1) is 0 Å². The highest BCUT2D eigenvalue weighted by Crippen LogP contribution is 2.33. The number of carbonyl (C=O) groups excluding carboxylic acids is 1. The van der Waals surface area contributed by atoms with Gasteiger partial charge in [0.2, 0.25) is 5.91 Å². The molecule has 2 N–H and O–H groups in total. The van der Waals surface area contributed by atoms with Crippen LogP contribution in [0.25, 0.3) is 11.0 Å². The number of hydrazone groups is 1. The maximum absolute atomic E-state index is 12.1. The van der Waals surface area contributed by atoms with Gasteiger partial charge in [0.05, 0.1) is 38.6 Å². The standard InChI is InChI=1S/C21H22N4O5/c1-28-17-11-19(30-3)18(29-2)10-13(17)12-22-25-20(26)9-8-16-21(27)24-15-7-5-4-6-14(15)23-16/h4-7,10-12H,8-9H2,1-3H3,(H,24,27)(H,25,26)/b22-12-. The molecule has 156 valence electrons. The number of fused-ring (bicyclic) bond motifs is 1. The smallest absolute Gasteiger partial charge is 0.270 e. The first-order chi connectivity index (χ1) is 14.5. The third-order valence-corrected chi connectivity index (χ3v) is 4.39. The summed E-state index contributed by atoms with van der Waals surface area (Å²) < 4.78 is 15.8. The molecular weight excluding hydrogens is 388 g/mol. The molecule has 0 fully saturated rings. The van der Waals surface area contributed by atoms with E-state index in [9.17, 15) is 9.59 Å². The summed E-state index contributed by atoms with van der Waals surface area (Å²) in [4.78, 5) is 31.3. The van der Waals surface area contributed by atoms with Gasteiger partial charge in [-0.1, -0.05) is 12.1 Å². The van der Waals surface area contributed by atoms with E-state index in [-0.39, 0.29) is 24.3 Å². The lowest BCUT2D eigenvalue weighted by molar-refractivity contribution is -0.121. The third kappa shape index (κ3) is 4.75. The van der Waals surface area contributed by atoms with Crippen molar-refractivity contribution in [1.82, 2.24) is 15.4 Å². The molecule has 0 aliphatic heterocycles. The van der Waals surface area contributed by atoms with Crippen LogP contribution in [0.3, 0.4) is 0 Å². The molecule has 9 heteroatoms. The van der Waals surface area contributed by atoms with E-state index in [2.05, 4.69) is 20.5 Å². The summed E-state index contributed by atoms with van der Waals surface area (Å²) in [6.07, 6.45) is 1.70. The first-order valence-electron chi connectivity index (χ1n) is 9.15. The molecule has 0 bridgehead atoms. The van der Waals surface area contributed by atoms with E-state index in [0.717, 1.165) is 0 Å². The zero-order valence-electron chi connectivity index (χ0n) is 16.9. The minimum Gasteiger partial charge on any atom is -0.496 e. The van der Waals surface area contributed by atoms with Gasteiger partial charge in [-0.3, -0.25) is 9.59 Å². The van der Waals surface area contributed by atoms with Crippen molar-refractivity contribution < 1.29 is 19.0 Å². The number of carbonyl (C=O) groups is 1. The molecule has 3 rings (SSSR count). The number of benzene rings is 2. The average Bonchev–Trinajstić information content (AvgIpc) is 2.77. The van der Waals surface area contributed by atoms with Gasteiger partial charge in [0.15, 0.2) is 11.5 Å². The molecule has 30 heavy (non-hydrogen) atoms. The van der Waals surface area contributed by atoms with Crippen molar-refractivity contribution in [3.8, 4) is 17.2 Å². The van der Waals surface area contributed by atoms with Crippen LogP contribution < -0.4 is 25.2 Å². The summed E-state index contributed by atoms with van der Waals surface area (Å²) in [5, 5.41) is 3.96. The lowest BCUT2D eigenvalue weighted by atomic mass is 10.2. The Kier molecular flexibility index (Phi) is 6.63. The number of aryl methyl sites for hydroxylation is 1. The number of amides is 1. The van der Waals surface area contributed by atoms with E-state index < -0.39 is 0 Å². The zero-order chi connectivity index (χ0) is 21.5. The monoisotopic (exact) mass is 410 g/mol. The molecule has 1 aromatic heterocycles. The molecule has 0 aliphatic rings. The number of nitrogens with zero attached hydrogens (tertiary/aromatic N) is 2. The molecular formula is C21H22N4O5. The highest BCUT2D eigenvalue weighted by Gasteiger charge is 2.11. The number of ether oxygens (including phenoxy) is 3. The Morgan fingerprint density at radius 3 is 2.53 bits per heavy atom. The molecule has 0 aliphatic carbocycles. The van der Waals surface area contributed by atoms with Gasteiger partial charge in [0, 0.05) is 24.5 Å². The zero-order valence-corrected chi connectivity index (χ0v) is 16.9. The first kappa shape index (κ1) is 20.8. The van der Waals surface area contributed by atoms with E-state index in [4.69, 9.17) is 14.2 Å². The number of hydrogen-bond donors (Lipinski definition) is 2. The van der Waals surface area contributed by atoms with Gasteiger partial charge >= 0.3 is 0 Å². The molecule has 0 spiro atoms. The Bertz CT molecular complexity index is 1140. The van der Waals surface area contributed by atoms with Crippen molar-refractivity contribution >= 4 is 23.2 Å². The Labute approximate surface area is 172 Å². The SMILES string of the molecule is COc1cc(OC)c(OC)cc1/C=N\NC(=O)CCc1nc2ccccc2[nH]c1=O. The number of para-hydroxylation sites is 2. The van der Waals surface area contributed by atoms with Crippen LogP contribution in [0.5, 0.6) is 17.2 Å². The van der Waals surface area contributed by atoms with Gasteiger partial charge in [-0.05, 0) is 18.2 Å². The molecule has 1 amide bonds. The van der Waals surface area contributed by atoms with Gasteiger partial charge in [0.1, 0.15) is 11.4 Å². The summed E-state index contributed by atoms with van der Waals surface area (Å²) >= 11 is 0. The normalized spacial score (nSPS) is 10.9. The molecule has 0 radical (unpaired) electrons. The summed E-state index contributed by atoms with van der Waals surface area (Å²) in [5.74, 6) is 1.19. The van der Waals surface area contributed by atoms with Crippen molar-refractivity contribution in [2.24, 2.45) is 5.10 Å². The molecule has 0 atom stereocenters. The predicted molar refractivity (Wildman–Crippen MR) is 113 cm³/mol. The van der Waals surface area contributed by atoms with Crippen LogP contribution in [0.1, 0.15) is 17.7 Å². The summed E-state index contributed by atoms with van der Waals surface area (Å²) in [6.45, 7) is 0. The number of rotatable bonds is 8. The predicted octanol–water partition coefficient (Wildman–Crippen LogP) is 2.03. The summed E-state index contributed by atoms with van der Waals surface area (Å²) in [6, 6.07) is 10.6. The molecule has 3 aromatic rings. The fraction of sp³-hybridized carbons (Fsp3) is 0.238. The average molecular weight is 410 g/mol. The van der Waals surface area contributed by atoms with E-state index in [1.54, 1.807) is 24.3 Å². The van der Waals surface area contributed by atoms with Crippen LogP contribution in [-0.2, 0) is 11.2 Å². The highest BCUT2D eigenvalue weighted by molar-refractivity contribution is 5.86. The quantitative estimate of drug-likeness (QED) is 0.434. The third-order valence-electron chi connectivity index (χ3n) is 4.39. The number of methoxy groups -OCH3 is 3. The summed E-state index contributed by atoms with van der Waals surface area (Å²) in [7, 11) is 4.57. The lowest BCUT2D eigenvalue weighted by Crippen LogP contribution is -2.21. The molecule has 0 saturated carbocycles. The Morgan fingerprint density at radius 2 is 1.80 bits per heavy atom. The Hall–Kier alpha value is -3.88. The Morgan fingerprint density at radius 1 is 1.10 bits per heavy atom. The molecule has 2 aromatic carbocycles. The van der Waals surface area contributed by atoms with Gasteiger partial charge in [0.25, 0.3) is 5.56 Å². The topological polar surface area (TPSA) is 115 Å². The number of aromatic nitrogens is 2. The van der Waals surface area contributed by atoms with Crippen LogP contribution in [0.15, 0.2) is 46.3 Å². The van der Waals surface area contributed by atoms with Crippen molar-refractivity contribution in [2.45, 2.75) is 12.8 Å². The molecule has 9 nitrogen and oxygen atoms in total. The highest BCUT2D eigenvalue weighted by atomic mass is 16.5. The van der Waals surface area contributed by atoms with E-state index in [0.29, 0.717) is 39.5 Å². The Balaban J connectivity index is 1.64. The van der Waals surface area contributed by atoms with Gasteiger partial charge < -0.3 is 19.2 Å². The second kappa shape index (κ2) is 9.55. The van der Waals surface area contributed by atoms with Gasteiger partial charge in [-0.25, -0.2) is 10.4 Å². The fourth-order valence-electron chi connectivity index (χ4n) is 2.85. The molecule has 1 heterocycles. The fourth-order valence-corrected chi connectivity index (χ4v) is 2.85. The maximum Gasteiger partial charge on any atom is 0.270 e. The number of aromatic amines is 1. The van der Waals surface area contributed by atoms with Crippen molar-refractivity contribution in [1.29, 1.82) is 0 Å². The van der Waals surface area contributed by atoms with Crippen LogP contribution >= 0.6 is 0 Å². The number of nitrogens with one attached hydrogen (secondary N) is 2. The lowest BCUT2D eigenvalue weighted by Gasteiger charge is -2.11. The van der Waals surface area contributed by atoms with Crippen LogP contribution in [-0.4, -0.2) is 43.4 Å². The number of hydrogen-bond acceptors (Lipinski definition) is 7. The van der Waals surface area contributed by atoms with E-state index in [1.807, 2.05) is 12.1 Å². The van der Waals surface area contributed by atoms with Crippen molar-refractivity contribution in [3.05, 3.63) is 58.0 Å². The molecule has 0 saturated heterocycles. The van der Waals surface area contributed by atoms with Gasteiger partial charge in [-0.15, -0.1) is 0 Å². The first-order valence-corrected chi connectivity index (χ1v) is 9.15. The second-order valence-electron chi connectivity index (χ2n) is 6.27. The van der Waals surface area contributed by atoms with Crippen LogP contribution in [0.4, 0.5) is 0 Å². The van der Waals surface area contributed by atoms with Crippen molar-refractivity contribution in [2.75, 3.05) is 21.3 Å².